The lowest BCUT2D eigenvalue weighted by Gasteiger charge is -2.22. The van der Waals surface area contributed by atoms with Gasteiger partial charge in [0.15, 0.2) is 17.3 Å². The number of ether oxygens (including phenoxy) is 4. The number of ketones is 1. The van der Waals surface area contributed by atoms with Gasteiger partial charge in [0.25, 0.3) is 0 Å². The summed E-state index contributed by atoms with van der Waals surface area (Å²) in [5, 5.41) is 0. The first-order chi connectivity index (χ1) is 13.5. The van der Waals surface area contributed by atoms with E-state index in [-0.39, 0.29) is 11.7 Å². The monoisotopic (exact) mass is 383 g/mol. The van der Waals surface area contributed by atoms with Gasteiger partial charge in [0, 0.05) is 16.7 Å². The molecule has 0 radical (unpaired) electrons. The lowest BCUT2D eigenvalue weighted by Crippen LogP contribution is -2.16. The molecule has 2 aromatic rings. The predicted octanol–water partition coefficient (Wildman–Crippen LogP) is 3.98. The van der Waals surface area contributed by atoms with Crippen LogP contribution in [0.1, 0.15) is 29.8 Å². The summed E-state index contributed by atoms with van der Waals surface area (Å²) >= 11 is 0. The molecule has 0 bridgehead atoms. The van der Waals surface area contributed by atoms with Gasteiger partial charge >= 0.3 is 0 Å². The molecule has 2 aromatic carbocycles. The van der Waals surface area contributed by atoms with Crippen LogP contribution in [0.3, 0.4) is 0 Å². The highest BCUT2D eigenvalue weighted by Crippen LogP contribution is 2.43. The van der Waals surface area contributed by atoms with Crippen molar-refractivity contribution in [3.8, 4) is 23.0 Å². The number of methoxy groups -OCH3 is 2. The first-order valence-corrected chi connectivity index (χ1v) is 9.12. The highest BCUT2D eigenvalue weighted by atomic mass is 16.6. The van der Waals surface area contributed by atoms with Crippen molar-refractivity contribution < 1.29 is 23.7 Å². The number of carbonyl (C=O) groups is 1. The van der Waals surface area contributed by atoms with Gasteiger partial charge in [0.2, 0.25) is 5.75 Å². The Labute approximate surface area is 164 Å². The van der Waals surface area contributed by atoms with Gasteiger partial charge in [-0.15, -0.1) is 0 Å². The largest absolute Gasteiger partial charge is 0.495 e. The van der Waals surface area contributed by atoms with Gasteiger partial charge in [-0.05, 0) is 42.3 Å². The van der Waals surface area contributed by atoms with E-state index < -0.39 is 0 Å². The number of anilines is 1. The number of allylic oxidation sites excluding steroid dienone is 1. The van der Waals surface area contributed by atoms with Gasteiger partial charge in [0.05, 0.1) is 19.9 Å². The number of Topliss-reactive ketones (excluding diaryl/α,β-unsaturated/α-hetero) is 1. The third-order valence-corrected chi connectivity index (χ3v) is 4.58. The van der Waals surface area contributed by atoms with Crippen molar-refractivity contribution >= 4 is 17.5 Å². The average molecular weight is 383 g/mol. The first-order valence-electron chi connectivity index (χ1n) is 9.12. The standard InChI is InChI=1S/C22H25NO5/c1-13(2)16(20(24)14-5-7-18(25-3)17(23)12-14)11-15-6-8-19-22(21(15)26-4)28-10-9-27-19/h5-8,11-13H,9-10,23H2,1-4H3. The highest BCUT2D eigenvalue weighted by molar-refractivity contribution is 6.12. The van der Waals surface area contributed by atoms with Crippen molar-refractivity contribution in [2.45, 2.75) is 13.8 Å². The zero-order valence-corrected chi connectivity index (χ0v) is 16.6. The van der Waals surface area contributed by atoms with Crippen molar-refractivity contribution in [1.82, 2.24) is 0 Å². The lowest BCUT2D eigenvalue weighted by molar-refractivity contribution is 0.102. The second-order valence-electron chi connectivity index (χ2n) is 6.75. The maximum atomic E-state index is 13.2. The smallest absolute Gasteiger partial charge is 0.204 e. The predicted molar refractivity (Wildman–Crippen MR) is 109 cm³/mol. The van der Waals surface area contributed by atoms with E-state index in [1.807, 2.05) is 32.1 Å². The number of carbonyl (C=O) groups excluding carboxylic acids is 1. The Morgan fingerprint density at radius 3 is 2.50 bits per heavy atom. The van der Waals surface area contributed by atoms with E-state index in [0.717, 1.165) is 5.56 Å². The number of rotatable bonds is 6. The molecule has 148 valence electrons. The molecule has 3 rings (SSSR count). The molecule has 0 unspecified atom stereocenters. The Hall–Kier alpha value is -3.15. The molecule has 6 heteroatoms. The summed E-state index contributed by atoms with van der Waals surface area (Å²) < 4.78 is 22.1. The van der Waals surface area contributed by atoms with E-state index in [4.69, 9.17) is 24.7 Å². The first kappa shape index (κ1) is 19.6. The molecule has 0 saturated heterocycles. The average Bonchev–Trinajstić information content (AvgIpc) is 2.70. The molecule has 0 aliphatic carbocycles. The zero-order chi connectivity index (χ0) is 20.3. The van der Waals surface area contributed by atoms with Gasteiger partial charge in [-0.2, -0.15) is 0 Å². The van der Waals surface area contributed by atoms with Gasteiger partial charge in [-0.25, -0.2) is 0 Å². The summed E-state index contributed by atoms with van der Waals surface area (Å²) in [7, 11) is 3.12. The van der Waals surface area contributed by atoms with Crippen LogP contribution in [0.2, 0.25) is 0 Å². The Kier molecular flexibility index (Phi) is 5.78. The third kappa shape index (κ3) is 3.76. The van der Waals surface area contributed by atoms with E-state index in [9.17, 15) is 4.79 Å². The van der Waals surface area contributed by atoms with Gasteiger partial charge in [0.1, 0.15) is 19.0 Å². The van der Waals surface area contributed by atoms with Gasteiger partial charge < -0.3 is 24.7 Å². The summed E-state index contributed by atoms with van der Waals surface area (Å²) in [6.07, 6.45) is 1.84. The second kappa shape index (κ2) is 8.25. The van der Waals surface area contributed by atoms with E-state index >= 15 is 0 Å². The molecule has 1 heterocycles. The van der Waals surface area contributed by atoms with E-state index in [1.54, 1.807) is 32.4 Å². The summed E-state index contributed by atoms with van der Waals surface area (Å²) in [5.41, 5.74) is 8.30. The van der Waals surface area contributed by atoms with Crippen LogP contribution in [0.5, 0.6) is 23.0 Å². The normalized spacial score (nSPS) is 13.4. The summed E-state index contributed by atoms with van der Waals surface area (Å²) in [4.78, 5) is 13.2. The molecule has 0 saturated carbocycles. The van der Waals surface area contributed by atoms with Gasteiger partial charge in [-0.3, -0.25) is 4.79 Å². The van der Waals surface area contributed by atoms with E-state index in [2.05, 4.69) is 0 Å². The number of hydrogen-bond acceptors (Lipinski definition) is 6. The van der Waals surface area contributed by atoms with Crippen LogP contribution >= 0.6 is 0 Å². The molecule has 2 N–H and O–H groups in total. The van der Waals surface area contributed by atoms with Crippen molar-refractivity contribution in [3.63, 3.8) is 0 Å². The molecule has 0 amide bonds. The Balaban J connectivity index is 2.04. The second-order valence-corrected chi connectivity index (χ2v) is 6.75. The van der Waals surface area contributed by atoms with Crippen LogP contribution in [0, 0.1) is 5.92 Å². The van der Waals surface area contributed by atoms with E-state index in [0.29, 0.717) is 53.0 Å². The Morgan fingerprint density at radius 2 is 1.86 bits per heavy atom. The number of hydrogen-bond donors (Lipinski definition) is 1. The minimum atomic E-state index is -0.0960. The maximum absolute atomic E-state index is 13.2. The summed E-state index contributed by atoms with van der Waals surface area (Å²) in [6.45, 7) is 4.90. The van der Waals surface area contributed by atoms with Crippen molar-refractivity contribution in [3.05, 3.63) is 47.0 Å². The van der Waals surface area contributed by atoms with Crippen molar-refractivity contribution in [1.29, 1.82) is 0 Å². The molecule has 28 heavy (non-hydrogen) atoms. The number of nitrogens with two attached hydrogens (primary N) is 1. The fourth-order valence-corrected chi connectivity index (χ4v) is 3.13. The highest BCUT2D eigenvalue weighted by Gasteiger charge is 2.22. The molecule has 0 aromatic heterocycles. The van der Waals surface area contributed by atoms with Gasteiger partial charge in [-0.1, -0.05) is 13.8 Å². The van der Waals surface area contributed by atoms with Crippen LogP contribution in [0.15, 0.2) is 35.9 Å². The Bertz CT molecular complexity index is 917. The number of nitrogen functional groups attached to an aromatic ring is 1. The molecule has 0 fully saturated rings. The quantitative estimate of drug-likeness (QED) is 0.462. The molecule has 1 aliphatic heterocycles. The van der Waals surface area contributed by atoms with Crippen LogP contribution in [-0.2, 0) is 0 Å². The molecule has 1 aliphatic rings. The maximum Gasteiger partial charge on any atom is 0.204 e. The van der Waals surface area contributed by atoms with Crippen LogP contribution in [0.4, 0.5) is 5.69 Å². The van der Waals surface area contributed by atoms with Crippen molar-refractivity contribution in [2.24, 2.45) is 5.92 Å². The molecule has 0 spiro atoms. The number of fused-ring (bicyclic) bond motifs is 1. The fraction of sp³-hybridized carbons (Fsp3) is 0.318. The summed E-state index contributed by atoms with van der Waals surface area (Å²) in [6, 6.07) is 8.75. The number of benzene rings is 2. The fourth-order valence-electron chi connectivity index (χ4n) is 3.13. The Morgan fingerprint density at radius 1 is 1.11 bits per heavy atom. The lowest BCUT2D eigenvalue weighted by atomic mass is 9.92. The van der Waals surface area contributed by atoms with Crippen LogP contribution in [0.25, 0.3) is 6.08 Å². The molecule has 0 atom stereocenters. The van der Waals surface area contributed by atoms with Crippen molar-refractivity contribution in [2.75, 3.05) is 33.2 Å². The molecule has 6 nitrogen and oxygen atoms in total. The third-order valence-electron chi connectivity index (χ3n) is 4.58. The molecular formula is C22H25NO5. The molecular weight excluding hydrogens is 358 g/mol. The SMILES string of the molecule is COc1ccc(C(=O)C(=Cc2ccc3c(c2OC)OCCO3)C(C)C)cc1N. The minimum Gasteiger partial charge on any atom is -0.495 e. The zero-order valence-electron chi connectivity index (χ0n) is 16.6. The minimum absolute atomic E-state index is 0.00580. The van der Waals surface area contributed by atoms with Crippen LogP contribution < -0.4 is 24.7 Å². The van der Waals surface area contributed by atoms with Crippen LogP contribution in [-0.4, -0.2) is 33.2 Å². The summed E-state index contributed by atoms with van der Waals surface area (Å²) in [5.74, 6) is 2.19. The topological polar surface area (TPSA) is 80.0 Å². The van der Waals surface area contributed by atoms with E-state index in [1.165, 1.54) is 0 Å².